The van der Waals surface area contributed by atoms with E-state index in [1.165, 1.54) is 0 Å². The summed E-state index contributed by atoms with van der Waals surface area (Å²) in [5.41, 5.74) is 5.28. The summed E-state index contributed by atoms with van der Waals surface area (Å²) in [6, 6.07) is 7.60. The average Bonchev–Trinajstić information content (AvgIpc) is 2.27. The first kappa shape index (κ1) is 17.2. The number of carbonyl (C=O) groups excluding carboxylic acids is 1. The number of carbonyl (C=O) groups is 1. The second-order valence-electron chi connectivity index (χ2n) is 3.73. The van der Waals surface area contributed by atoms with Crippen molar-refractivity contribution in [2.45, 2.75) is 19.4 Å². The Morgan fingerprint density at radius 3 is 2.89 bits per heavy atom. The fourth-order valence-electron chi connectivity index (χ4n) is 1.29. The van der Waals surface area contributed by atoms with Crippen LogP contribution in [0.5, 0.6) is 5.75 Å². The molecule has 1 amide bonds. The Hall–Kier alpha value is -0.780. The van der Waals surface area contributed by atoms with Gasteiger partial charge in [0.25, 0.3) is 0 Å². The SMILES string of the molecule is CC(CNC(=O)CCN)Oc1cccc(Br)c1.Cl. The summed E-state index contributed by atoms with van der Waals surface area (Å²) in [5, 5.41) is 2.76. The topological polar surface area (TPSA) is 64.4 Å². The molecule has 0 spiro atoms. The lowest BCUT2D eigenvalue weighted by Crippen LogP contribution is -2.34. The Bertz CT molecular complexity index is 377. The Kier molecular flexibility index (Phi) is 8.79. The normalized spacial score (nSPS) is 11.3. The summed E-state index contributed by atoms with van der Waals surface area (Å²) >= 11 is 3.37. The molecule has 18 heavy (non-hydrogen) atoms. The molecule has 1 unspecified atom stereocenters. The van der Waals surface area contributed by atoms with Gasteiger partial charge in [-0.2, -0.15) is 0 Å². The molecule has 1 rings (SSSR count). The largest absolute Gasteiger partial charge is 0.489 e. The van der Waals surface area contributed by atoms with Crippen molar-refractivity contribution in [3.8, 4) is 5.75 Å². The number of hydrogen-bond donors (Lipinski definition) is 2. The number of hydrogen-bond acceptors (Lipinski definition) is 3. The molecule has 1 aromatic rings. The van der Waals surface area contributed by atoms with Gasteiger partial charge < -0.3 is 15.8 Å². The van der Waals surface area contributed by atoms with Crippen LogP contribution in [0.1, 0.15) is 13.3 Å². The zero-order valence-corrected chi connectivity index (χ0v) is 12.6. The van der Waals surface area contributed by atoms with Crippen molar-refractivity contribution in [1.82, 2.24) is 5.32 Å². The summed E-state index contributed by atoms with van der Waals surface area (Å²) in [7, 11) is 0. The average molecular weight is 338 g/mol. The van der Waals surface area contributed by atoms with E-state index in [2.05, 4.69) is 21.2 Å². The molecule has 0 radical (unpaired) electrons. The van der Waals surface area contributed by atoms with E-state index in [0.717, 1.165) is 10.2 Å². The molecule has 0 aliphatic carbocycles. The maximum atomic E-state index is 11.2. The van der Waals surface area contributed by atoms with Crippen LogP contribution in [0.4, 0.5) is 0 Å². The fraction of sp³-hybridized carbons (Fsp3) is 0.417. The van der Waals surface area contributed by atoms with E-state index in [9.17, 15) is 4.79 Å². The van der Waals surface area contributed by atoms with Gasteiger partial charge in [0.2, 0.25) is 5.91 Å². The molecule has 0 saturated heterocycles. The molecule has 6 heteroatoms. The first-order valence-corrected chi connectivity index (χ1v) is 6.30. The molecule has 0 saturated carbocycles. The van der Waals surface area contributed by atoms with E-state index < -0.39 is 0 Å². The van der Waals surface area contributed by atoms with Crippen molar-refractivity contribution >= 4 is 34.2 Å². The minimum absolute atomic E-state index is 0. The van der Waals surface area contributed by atoms with Crippen LogP contribution in [0.3, 0.4) is 0 Å². The quantitative estimate of drug-likeness (QED) is 0.835. The van der Waals surface area contributed by atoms with Crippen LogP contribution in [-0.4, -0.2) is 25.1 Å². The number of rotatable bonds is 6. The summed E-state index contributed by atoms with van der Waals surface area (Å²) in [4.78, 5) is 11.2. The molecule has 4 nitrogen and oxygen atoms in total. The van der Waals surface area contributed by atoms with E-state index in [0.29, 0.717) is 19.5 Å². The first-order valence-electron chi connectivity index (χ1n) is 5.51. The van der Waals surface area contributed by atoms with Gasteiger partial charge >= 0.3 is 0 Å². The molecule has 0 aliphatic rings. The Morgan fingerprint density at radius 2 is 2.28 bits per heavy atom. The number of amides is 1. The molecule has 0 heterocycles. The predicted molar refractivity (Wildman–Crippen MR) is 78.2 cm³/mol. The third-order valence-electron chi connectivity index (χ3n) is 2.09. The summed E-state index contributed by atoms with van der Waals surface area (Å²) in [6.45, 7) is 2.75. The second kappa shape index (κ2) is 9.19. The van der Waals surface area contributed by atoms with Gasteiger partial charge in [0.05, 0.1) is 6.54 Å². The summed E-state index contributed by atoms with van der Waals surface area (Å²) < 4.78 is 6.61. The van der Waals surface area contributed by atoms with Crippen LogP contribution >= 0.6 is 28.3 Å². The van der Waals surface area contributed by atoms with Gasteiger partial charge in [0.15, 0.2) is 0 Å². The van der Waals surface area contributed by atoms with E-state index in [-0.39, 0.29) is 24.4 Å². The highest BCUT2D eigenvalue weighted by Crippen LogP contribution is 2.18. The molecule has 1 aromatic carbocycles. The van der Waals surface area contributed by atoms with Gasteiger partial charge in [-0.25, -0.2) is 0 Å². The van der Waals surface area contributed by atoms with Crippen molar-refractivity contribution < 1.29 is 9.53 Å². The molecular formula is C12H18BrClN2O2. The van der Waals surface area contributed by atoms with Crippen LogP contribution in [0.25, 0.3) is 0 Å². The van der Waals surface area contributed by atoms with Gasteiger partial charge in [0, 0.05) is 17.4 Å². The smallest absolute Gasteiger partial charge is 0.221 e. The van der Waals surface area contributed by atoms with E-state index >= 15 is 0 Å². The zero-order chi connectivity index (χ0) is 12.7. The lowest BCUT2D eigenvalue weighted by atomic mass is 10.3. The molecule has 0 aromatic heterocycles. The summed E-state index contributed by atoms with van der Waals surface area (Å²) in [6.07, 6.45) is 0.273. The molecule has 1 atom stereocenters. The van der Waals surface area contributed by atoms with Crippen molar-refractivity contribution in [2.24, 2.45) is 5.73 Å². The number of ether oxygens (including phenoxy) is 1. The highest BCUT2D eigenvalue weighted by Gasteiger charge is 2.06. The van der Waals surface area contributed by atoms with Crippen molar-refractivity contribution in [1.29, 1.82) is 0 Å². The Balaban J connectivity index is 0.00000289. The van der Waals surface area contributed by atoms with Crippen molar-refractivity contribution in [2.75, 3.05) is 13.1 Å². The van der Waals surface area contributed by atoms with Crippen LogP contribution in [0.15, 0.2) is 28.7 Å². The van der Waals surface area contributed by atoms with Gasteiger partial charge in [-0.05, 0) is 25.1 Å². The van der Waals surface area contributed by atoms with E-state index in [1.54, 1.807) is 0 Å². The number of halogens is 2. The van der Waals surface area contributed by atoms with Crippen LogP contribution in [0.2, 0.25) is 0 Å². The monoisotopic (exact) mass is 336 g/mol. The molecule has 0 aliphatic heterocycles. The first-order chi connectivity index (χ1) is 8.11. The maximum absolute atomic E-state index is 11.2. The second-order valence-corrected chi connectivity index (χ2v) is 4.64. The molecule has 102 valence electrons. The van der Waals surface area contributed by atoms with E-state index in [1.807, 2.05) is 31.2 Å². The van der Waals surface area contributed by atoms with Gasteiger partial charge in [-0.1, -0.05) is 22.0 Å². The van der Waals surface area contributed by atoms with Crippen LogP contribution in [-0.2, 0) is 4.79 Å². The summed E-state index contributed by atoms with van der Waals surface area (Å²) in [5.74, 6) is 0.733. The highest BCUT2D eigenvalue weighted by atomic mass is 79.9. The molecule has 0 fully saturated rings. The van der Waals surface area contributed by atoms with E-state index in [4.69, 9.17) is 10.5 Å². The lowest BCUT2D eigenvalue weighted by Gasteiger charge is -2.15. The predicted octanol–water partition coefficient (Wildman–Crippen LogP) is 2.10. The van der Waals surface area contributed by atoms with Gasteiger partial charge in [0.1, 0.15) is 11.9 Å². The fourth-order valence-corrected chi connectivity index (χ4v) is 1.67. The molecule has 3 N–H and O–H groups in total. The third kappa shape index (κ3) is 6.83. The van der Waals surface area contributed by atoms with Crippen LogP contribution < -0.4 is 15.8 Å². The number of benzene rings is 1. The molecule has 0 bridgehead atoms. The Labute approximate surface area is 122 Å². The van der Waals surface area contributed by atoms with Crippen LogP contribution in [0, 0.1) is 0 Å². The number of nitrogens with one attached hydrogen (secondary N) is 1. The lowest BCUT2D eigenvalue weighted by molar-refractivity contribution is -0.121. The zero-order valence-electron chi connectivity index (χ0n) is 10.2. The standard InChI is InChI=1S/C12H17BrN2O2.ClH/c1-9(8-15-12(16)5-6-14)17-11-4-2-3-10(13)7-11;/h2-4,7,9H,5-6,8,14H2,1H3,(H,15,16);1H. The van der Waals surface area contributed by atoms with Crippen molar-refractivity contribution in [3.63, 3.8) is 0 Å². The highest BCUT2D eigenvalue weighted by molar-refractivity contribution is 9.10. The maximum Gasteiger partial charge on any atom is 0.221 e. The third-order valence-corrected chi connectivity index (χ3v) is 2.58. The molecular weight excluding hydrogens is 320 g/mol. The number of nitrogens with two attached hydrogens (primary N) is 1. The minimum Gasteiger partial charge on any atom is -0.489 e. The Morgan fingerprint density at radius 1 is 1.56 bits per heavy atom. The minimum atomic E-state index is -0.0778. The van der Waals surface area contributed by atoms with Gasteiger partial charge in [-0.15, -0.1) is 12.4 Å². The van der Waals surface area contributed by atoms with Gasteiger partial charge in [-0.3, -0.25) is 4.79 Å². The van der Waals surface area contributed by atoms with Crippen molar-refractivity contribution in [3.05, 3.63) is 28.7 Å².